The molecule has 1 N–H and O–H groups in total. The van der Waals surface area contributed by atoms with Gasteiger partial charge in [0.2, 0.25) is 0 Å². The average Bonchev–Trinajstić information content (AvgIpc) is 2.13. The van der Waals surface area contributed by atoms with E-state index in [0.717, 1.165) is 23.5 Å². The van der Waals surface area contributed by atoms with Crippen molar-refractivity contribution in [3.8, 4) is 0 Å². The van der Waals surface area contributed by atoms with E-state index >= 15 is 0 Å². The van der Waals surface area contributed by atoms with Gasteiger partial charge in [0.05, 0.1) is 6.42 Å². The molecule has 0 aliphatic heterocycles. The van der Waals surface area contributed by atoms with Gasteiger partial charge in [0.25, 0.3) is 0 Å². The summed E-state index contributed by atoms with van der Waals surface area (Å²) >= 11 is 1.98. The van der Waals surface area contributed by atoms with E-state index in [1.54, 1.807) is 0 Å². The van der Waals surface area contributed by atoms with Gasteiger partial charge in [-0.15, -0.1) is 0 Å². The predicted molar refractivity (Wildman–Crippen MR) is 65.6 cm³/mol. The van der Waals surface area contributed by atoms with Crippen LogP contribution in [0.15, 0.2) is 0 Å². The maximum Gasteiger partial charge on any atom is 0.304 e. The Hall–Kier alpha value is -0.180. The van der Waals surface area contributed by atoms with Gasteiger partial charge >= 0.3 is 5.97 Å². The zero-order chi connectivity index (χ0) is 11.2. The third kappa shape index (κ3) is 1.99. The first kappa shape index (κ1) is 10.9. The van der Waals surface area contributed by atoms with Crippen molar-refractivity contribution >= 4 is 17.7 Å². The standard InChI is InChI=1S/C13H20O2S/c14-12(15)1-2-16-13-6-9-3-10(7-13)5-11(4-9)8-13/h9-11H,1-8H2,(H,14,15). The molecule has 0 radical (unpaired) electrons. The van der Waals surface area contributed by atoms with Crippen LogP contribution in [-0.2, 0) is 4.79 Å². The van der Waals surface area contributed by atoms with Gasteiger partial charge in [0, 0.05) is 10.5 Å². The van der Waals surface area contributed by atoms with Crippen molar-refractivity contribution in [2.75, 3.05) is 5.75 Å². The number of carboxylic acid groups (broad SMARTS) is 1. The highest BCUT2D eigenvalue weighted by Gasteiger charge is 2.50. The van der Waals surface area contributed by atoms with E-state index in [-0.39, 0.29) is 0 Å². The van der Waals surface area contributed by atoms with Gasteiger partial charge in [0.1, 0.15) is 0 Å². The molecular weight excluding hydrogens is 220 g/mol. The number of carboxylic acids is 1. The van der Waals surface area contributed by atoms with Gasteiger partial charge in [-0.1, -0.05) is 0 Å². The summed E-state index contributed by atoms with van der Waals surface area (Å²) in [5.74, 6) is 3.11. The van der Waals surface area contributed by atoms with Crippen molar-refractivity contribution in [2.24, 2.45) is 17.8 Å². The van der Waals surface area contributed by atoms with E-state index in [9.17, 15) is 4.79 Å². The van der Waals surface area contributed by atoms with Gasteiger partial charge in [0.15, 0.2) is 0 Å². The van der Waals surface area contributed by atoms with E-state index in [0.29, 0.717) is 11.2 Å². The number of aliphatic carboxylic acids is 1. The molecule has 4 saturated carbocycles. The summed E-state index contributed by atoms with van der Waals surface area (Å²) in [6.07, 6.45) is 8.89. The van der Waals surface area contributed by atoms with Gasteiger partial charge < -0.3 is 5.11 Å². The number of carbonyl (C=O) groups is 1. The Morgan fingerprint density at radius 3 is 2.06 bits per heavy atom. The van der Waals surface area contributed by atoms with E-state index < -0.39 is 5.97 Å². The van der Waals surface area contributed by atoms with Crippen molar-refractivity contribution < 1.29 is 9.90 Å². The van der Waals surface area contributed by atoms with Gasteiger partial charge in [-0.05, 0) is 56.3 Å². The molecule has 4 fully saturated rings. The van der Waals surface area contributed by atoms with Crippen molar-refractivity contribution in [2.45, 2.75) is 49.7 Å². The lowest BCUT2D eigenvalue weighted by molar-refractivity contribution is -0.136. The highest BCUT2D eigenvalue weighted by atomic mass is 32.2. The molecule has 0 heterocycles. The first-order chi connectivity index (χ1) is 7.65. The maximum absolute atomic E-state index is 10.6. The van der Waals surface area contributed by atoms with Gasteiger partial charge in [-0.25, -0.2) is 0 Å². The Morgan fingerprint density at radius 2 is 1.62 bits per heavy atom. The summed E-state index contributed by atoms with van der Waals surface area (Å²) in [5.41, 5.74) is 0. The second-order valence-corrected chi connectivity index (χ2v) is 7.66. The summed E-state index contributed by atoms with van der Waals surface area (Å²) in [6, 6.07) is 0. The normalized spacial score (nSPS) is 44.9. The molecule has 0 aromatic heterocycles. The monoisotopic (exact) mass is 240 g/mol. The minimum Gasteiger partial charge on any atom is -0.481 e. The van der Waals surface area contributed by atoms with Crippen LogP contribution >= 0.6 is 11.8 Å². The second-order valence-electron chi connectivity index (χ2n) is 6.09. The summed E-state index contributed by atoms with van der Waals surface area (Å²) in [7, 11) is 0. The third-order valence-corrected chi connectivity index (χ3v) is 6.23. The Balaban J connectivity index is 1.62. The first-order valence-corrected chi connectivity index (χ1v) is 7.49. The Labute approximate surface area is 101 Å². The number of hydrogen-bond acceptors (Lipinski definition) is 2. The fourth-order valence-electron chi connectivity index (χ4n) is 4.56. The Bertz CT molecular complexity index is 265. The third-order valence-electron chi connectivity index (χ3n) is 4.71. The molecule has 2 nitrogen and oxygen atoms in total. The van der Waals surface area contributed by atoms with Crippen molar-refractivity contribution in [1.82, 2.24) is 0 Å². The molecule has 90 valence electrons. The number of rotatable bonds is 4. The van der Waals surface area contributed by atoms with Crippen LogP contribution in [0, 0.1) is 17.8 Å². The first-order valence-electron chi connectivity index (χ1n) is 6.51. The molecule has 4 aliphatic rings. The molecule has 4 aliphatic carbocycles. The van der Waals surface area contributed by atoms with E-state index in [2.05, 4.69) is 0 Å². The molecule has 0 spiro atoms. The Kier molecular flexibility index (Phi) is 2.69. The molecule has 0 aromatic carbocycles. The quantitative estimate of drug-likeness (QED) is 0.820. The lowest BCUT2D eigenvalue weighted by Crippen LogP contribution is -2.48. The number of hydrogen-bond donors (Lipinski definition) is 1. The molecule has 4 rings (SSSR count). The van der Waals surface area contributed by atoms with Crippen molar-refractivity contribution in [3.05, 3.63) is 0 Å². The minimum absolute atomic E-state index is 0.340. The van der Waals surface area contributed by atoms with Gasteiger partial charge in [-0.2, -0.15) is 11.8 Å². The molecule has 0 unspecified atom stereocenters. The highest BCUT2D eigenvalue weighted by Crippen LogP contribution is 2.60. The maximum atomic E-state index is 10.6. The van der Waals surface area contributed by atoms with Crippen LogP contribution in [0.5, 0.6) is 0 Å². The van der Waals surface area contributed by atoms with Crippen molar-refractivity contribution in [3.63, 3.8) is 0 Å². The van der Waals surface area contributed by atoms with Crippen LogP contribution in [0.4, 0.5) is 0 Å². The summed E-state index contributed by atoms with van der Waals surface area (Å²) < 4.78 is 0.490. The molecule has 16 heavy (non-hydrogen) atoms. The minimum atomic E-state index is -0.641. The summed E-state index contributed by atoms with van der Waals surface area (Å²) in [6.45, 7) is 0. The largest absolute Gasteiger partial charge is 0.481 e. The average molecular weight is 240 g/mol. The molecular formula is C13H20O2S. The number of thioether (sulfide) groups is 1. The Morgan fingerprint density at radius 1 is 1.12 bits per heavy atom. The summed E-state index contributed by atoms with van der Waals surface area (Å²) in [5, 5.41) is 8.71. The molecule has 0 atom stereocenters. The van der Waals surface area contributed by atoms with Crippen LogP contribution in [0.25, 0.3) is 0 Å². The lowest BCUT2D eigenvalue weighted by atomic mass is 9.56. The zero-order valence-corrected chi connectivity index (χ0v) is 10.5. The SMILES string of the molecule is O=C(O)CCSC12CC3CC(CC(C3)C1)C2. The van der Waals surface area contributed by atoms with E-state index in [4.69, 9.17) is 5.11 Å². The highest BCUT2D eigenvalue weighted by molar-refractivity contribution is 8.00. The molecule has 0 aromatic rings. The van der Waals surface area contributed by atoms with Crippen LogP contribution in [0.2, 0.25) is 0 Å². The predicted octanol–water partition coefficient (Wildman–Crippen LogP) is 3.16. The lowest BCUT2D eigenvalue weighted by Gasteiger charge is -2.56. The van der Waals surface area contributed by atoms with Crippen LogP contribution in [-0.4, -0.2) is 21.6 Å². The van der Waals surface area contributed by atoms with E-state index in [1.165, 1.54) is 38.5 Å². The molecule has 0 amide bonds. The second kappa shape index (κ2) is 3.94. The fraction of sp³-hybridized carbons (Fsp3) is 0.923. The molecule has 4 bridgehead atoms. The van der Waals surface area contributed by atoms with Crippen LogP contribution in [0.1, 0.15) is 44.9 Å². The fourth-order valence-corrected chi connectivity index (χ4v) is 6.33. The molecule has 3 heteroatoms. The summed E-state index contributed by atoms with van der Waals surface area (Å²) in [4.78, 5) is 10.6. The molecule has 0 saturated heterocycles. The van der Waals surface area contributed by atoms with Crippen LogP contribution < -0.4 is 0 Å². The van der Waals surface area contributed by atoms with E-state index in [1.807, 2.05) is 11.8 Å². The smallest absolute Gasteiger partial charge is 0.304 e. The van der Waals surface area contributed by atoms with Crippen molar-refractivity contribution in [1.29, 1.82) is 0 Å². The topological polar surface area (TPSA) is 37.3 Å². The van der Waals surface area contributed by atoms with Gasteiger partial charge in [-0.3, -0.25) is 4.79 Å². The zero-order valence-electron chi connectivity index (χ0n) is 9.65. The van der Waals surface area contributed by atoms with Crippen LogP contribution in [0.3, 0.4) is 0 Å².